The van der Waals surface area contributed by atoms with Crippen LogP contribution in [0.3, 0.4) is 0 Å². The highest BCUT2D eigenvalue weighted by Gasteiger charge is 2.30. The zero-order valence-corrected chi connectivity index (χ0v) is 15.6. The maximum atomic E-state index is 12.5. The third-order valence-corrected chi connectivity index (χ3v) is 3.80. The minimum absolute atomic E-state index is 0.0660. The third-order valence-electron chi connectivity index (χ3n) is 3.80. The van der Waals surface area contributed by atoms with Crippen molar-refractivity contribution < 1.29 is 32.6 Å². The Kier molecular flexibility index (Phi) is 7.60. The molecule has 0 fully saturated rings. The normalized spacial score (nSPS) is 12.2. The van der Waals surface area contributed by atoms with Gasteiger partial charge in [0.25, 0.3) is 0 Å². The number of carbonyl (C=O) groups is 2. The van der Waals surface area contributed by atoms with E-state index in [4.69, 9.17) is 4.74 Å². The molecule has 1 atom stereocenters. The highest BCUT2D eigenvalue weighted by molar-refractivity contribution is 5.88. The largest absolute Gasteiger partial charge is 0.491 e. The number of ether oxygens (including phenoxy) is 1. The van der Waals surface area contributed by atoms with Crippen molar-refractivity contribution in [1.29, 1.82) is 0 Å². The molecule has 6 nitrogen and oxygen atoms in total. The van der Waals surface area contributed by atoms with Crippen molar-refractivity contribution in [2.75, 3.05) is 18.5 Å². The van der Waals surface area contributed by atoms with Gasteiger partial charge in [0.15, 0.2) is 0 Å². The number of aliphatic hydroxyl groups excluding tert-OH is 1. The molecule has 29 heavy (non-hydrogen) atoms. The molecule has 0 saturated heterocycles. The number of amides is 2. The monoisotopic (exact) mass is 410 g/mol. The minimum atomic E-state index is -4.42. The van der Waals surface area contributed by atoms with Gasteiger partial charge in [-0.3, -0.25) is 9.59 Å². The second-order valence-corrected chi connectivity index (χ2v) is 6.35. The number of nitrogens with one attached hydrogen (secondary N) is 2. The first kappa shape index (κ1) is 22.2. The lowest BCUT2D eigenvalue weighted by molar-refractivity contribution is -0.137. The lowest BCUT2D eigenvalue weighted by atomic mass is 10.1. The topological polar surface area (TPSA) is 87.7 Å². The summed E-state index contributed by atoms with van der Waals surface area (Å²) in [7, 11) is 0. The van der Waals surface area contributed by atoms with Gasteiger partial charge in [-0.25, -0.2) is 0 Å². The minimum Gasteiger partial charge on any atom is -0.491 e. The Balaban J connectivity index is 1.72. The van der Waals surface area contributed by atoms with Crippen LogP contribution >= 0.6 is 0 Å². The van der Waals surface area contributed by atoms with Crippen LogP contribution in [-0.4, -0.2) is 36.2 Å². The van der Waals surface area contributed by atoms with Crippen molar-refractivity contribution in [3.63, 3.8) is 0 Å². The number of rotatable bonds is 8. The lowest BCUT2D eigenvalue weighted by Gasteiger charge is -2.14. The molecule has 156 valence electrons. The Labute approximate surface area is 165 Å². The fourth-order valence-electron chi connectivity index (χ4n) is 2.38. The predicted molar refractivity (Wildman–Crippen MR) is 100 cm³/mol. The van der Waals surface area contributed by atoms with E-state index in [0.717, 1.165) is 17.7 Å². The Morgan fingerprint density at radius 1 is 1.07 bits per heavy atom. The molecule has 0 aliphatic rings. The molecule has 9 heteroatoms. The summed E-state index contributed by atoms with van der Waals surface area (Å²) in [6, 6.07) is 10.9. The third kappa shape index (κ3) is 7.82. The molecule has 2 aromatic carbocycles. The number of hydrogen-bond donors (Lipinski definition) is 3. The summed E-state index contributed by atoms with van der Waals surface area (Å²) in [6.07, 6.45) is -5.36. The molecular weight excluding hydrogens is 389 g/mol. The fraction of sp³-hybridized carbons (Fsp3) is 0.300. The number of carbonyl (C=O) groups excluding carboxylic acids is 2. The molecule has 0 aromatic heterocycles. The van der Waals surface area contributed by atoms with Gasteiger partial charge < -0.3 is 20.5 Å². The Morgan fingerprint density at radius 2 is 1.69 bits per heavy atom. The first-order valence-corrected chi connectivity index (χ1v) is 8.75. The summed E-state index contributed by atoms with van der Waals surface area (Å²) in [5, 5.41) is 15.0. The van der Waals surface area contributed by atoms with E-state index in [9.17, 15) is 27.9 Å². The Hall–Kier alpha value is -3.07. The molecule has 2 aromatic rings. The standard InChI is InChI=1S/C20H21F3N2O4/c1-13(26)25-16-6-2-14(3-7-16)10-19(28)24-11-17(27)12-29-18-8-4-15(5-9-18)20(21,22)23/h2-9,17,27H,10-12H2,1H3,(H,24,28)(H,25,26). The zero-order chi connectivity index (χ0) is 21.4. The van der Waals surface area contributed by atoms with E-state index in [1.165, 1.54) is 19.1 Å². The molecule has 3 N–H and O–H groups in total. The van der Waals surface area contributed by atoms with E-state index >= 15 is 0 Å². The van der Waals surface area contributed by atoms with Gasteiger partial charge in [0.1, 0.15) is 18.5 Å². The van der Waals surface area contributed by atoms with Crippen LogP contribution in [0.4, 0.5) is 18.9 Å². The second-order valence-electron chi connectivity index (χ2n) is 6.35. The van der Waals surface area contributed by atoms with Crippen molar-refractivity contribution in [1.82, 2.24) is 5.32 Å². The zero-order valence-electron chi connectivity index (χ0n) is 15.6. The van der Waals surface area contributed by atoms with Gasteiger partial charge in [-0.05, 0) is 42.0 Å². The van der Waals surface area contributed by atoms with Crippen molar-refractivity contribution in [2.24, 2.45) is 0 Å². The lowest BCUT2D eigenvalue weighted by Crippen LogP contribution is -2.36. The SMILES string of the molecule is CC(=O)Nc1ccc(CC(=O)NCC(O)COc2ccc(C(F)(F)F)cc2)cc1. The molecule has 2 rings (SSSR count). The van der Waals surface area contributed by atoms with Crippen LogP contribution in [0, 0.1) is 0 Å². The molecule has 0 aliphatic carbocycles. The number of hydrogen-bond acceptors (Lipinski definition) is 4. The summed E-state index contributed by atoms with van der Waals surface area (Å²) in [4.78, 5) is 22.9. The summed E-state index contributed by atoms with van der Waals surface area (Å²) in [5.41, 5.74) is 0.562. The maximum Gasteiger partial charge on any atom is 0.416 e. The maximum absolute atomic E-state index is 12.5. The van der Waals surface area contributed by atoms with Gasteiger partial charge in [-0.2, -0.15) is 13.2 Å². The summed E-state index contributed by atoms with van der Waals surface area (Å²) in [6.45, 7) is 1.15. The number of anilines is 1. The van der Waals surface area contributed by atoms with Crippen LogP contribution in [0.15, 0.2) is 48.5 Å². The van der Waals surface area contributed by atoms with E-state index in [0.29, 0.717) is 5.69 Å². The van der Waals surface area contributed by atoms with Crippen LogP contribution in [-0.2, 0) is 22.2 Å². The average molecular weight is 410 g/mol. The second kappa shape index (κ2) is 9.92. The molecular formula is C20H21F3N2O4. The number of benzene rings is 2. The van der Waals surface area contributed by atoms with Crippen LogP contribution in [0.2, 0.25) is 0 Å². The molecule has 0 bridgehead atoms. The predicted octanol–water partition coefficient (Wildman–Crippen LogP) is 2.76. The smallest absolute Gasteiger partial charge is 0.416 e. The van der Waals surface area contributed by atoms with E-state index < -0.39 is 17.8 Å². The van der Waals surface area contributed by atoms with Crippen molar-refractivity contribution in [3.8, 4) is 5.75 Å². The molecule has 0 radical (unpaired) electrons. The molecule has 0 spiro atoms. The van der Waals surface area contributed by atoms with Crippen LogP contribution in [0.25, 0.3) is 0 Å². The Bertz CT molecular complexity index is 821. The highest BCUT2D eigenvalue weighted by atomic mass is 19.4. The number of aliphatic hydroxyl groups is 1. The molecule has 0 heterocycles. The summed E-state index contributed by atoms with van der Waals surface area (Å²) < 4.78 is 42.7. The molecule has 1 unspecified atom stereocenters. The van der Waals surface area contributed by atoms with E-state index in [-0.39, 0.29) is 37.1 Å². The fourth-order valence-corrected chi connectivity index (χ4v) is 2.38. The van der Waals surface area contributed by atoms with E-state index in [1.54, 1.807) is 24.3 Å². The molecule has 0 saturated carbocycles. The van der Waals surface area contributed by atoms with Gasteiger partial charge in [-0.15, -0.1) is 0 Å². The van der Waals surface area contributed by atoms with Crippen LogP contribution in [0.1, 0.15) is 18.1 Å². The summed E-state index contributed by atoms with van der Waals surface area (Å²) >= 11 is 0. The number of halogens is 3. The molecule has 0 aliphatic heterocycles. The quantitative estimate of drug-likeness (QED) is 0.625. The Morgan fingerprint density at radius 3 is 2.24 bits per heavy atom. The molecule has 2 amide bonds. The van der Waals surface area contributed by atoms with E-state index in [1.807, 2.05) is 0 Å². The average Bonchev–Trinajstić information content (AvgIpc) is 2.65. The van der Waals surface area contributed by atoms with Gasteiger partial charge in [-0.1, -0.05) is 12.1 Å². The van der Waals surface area contributed by atoms with Gasteiger partial charge in [0, 0.05) is 19.2 Å². The van der Waals surface area contributed by atoms with Gasteiger partial charge in [0.05, 0.1) is 12.0 Å². The van der Waals surface area contributed by atoms with E-state index in [2.05, 4.69) is 10.6 Å². The van der Waals surface area contributed by atoms with Gasteiger partial charge >= 0.3 is 6.18 Å². The first-order chi connectivity index (χ1) is 13.6. The van der Waals surface area contributed by atoms with Crippen molar-refractivity contribution in [2.45, 2.75) is 25.6 Å². The van der Waals surface area contributed by atoms with Crippen LogP contribution < -0.4 is 15.4 Å². The van der Waals surface area contributed by atoms with Crippen molar-refractivity contribution in [3.05, 3.63) is 59.7 Å². The summed E-state index contributed by atoms with van der Waals surface area (Å²) in [5.74, 6) is -0.323. The first-order valence-electron chi connectivity index (χ1n) is 8.75. The highest BCUT2D eigenvalue weighted by Crippen LogP contribution is 2.30. The van der Waals surface area contributed by atoms with Crippen molar-refractivity contribution >= 4 is 17.5 Å². The van der Waals surface area contributed by atoms with Crippen LogP contribution in [0.5, 0.6) is 5.75 Å². The number of alkyl halides is 3. The van der Waals surface area contributed by atoms with Gasteiger partial charge in [0.2, 0.25) is 11.8 Å².